The highest BCUT2D eigenvalue weighted by molar-refractivity contribution is 6.27. The molecule has 0 unspecified atom stereocenters. The largest absolute Gasteiger partial charge is 0.444 e. The van der Waals surface area contributed by atoms with E-state index in [1.807, 2.05) is 25.7 Å². The van der Waals surface area contributed by atoms with E-state index in [0.717, 1.165) is 38.5 Å². The summed E-state index contributed by atoms with van der Waals surface area (Å²) in [6.07, 6.45) is 5.72. The van der Waals surface area contributed by atoms with Crippen LogP contribution < -0.4 is 5.32 Å². The van der Waals surface area contributed by atoms with Gasteiger partial charge in [-0.2, -0.15) is 0 Å². The molecule has 0 heterocycles. The van der Waals surface area contributed by atoms with Crippen molar-refractivity contribution in [1.29, 1.82) is 0 Å². The lowest BCUT2D eigenvalue weighted by Crippen LogP contribution is -2.56. The van der Waals surface area contributed by atoms with Crippen LogP contribution in [0.4, 0.5) is 4.79 Å². The Kier molecular flexibility index (Phi) is 5.59. The minimum Gasteiger partial charge on any atom is -0.444 e. The molecule has 2 fully saturated rings. The van der Waals surface area contributed by atoms with Crippen molar-refractivity contribution in [2.45, 2.75) is 83.0 Å². The van der Waals surface area contributed by atoms with E-state index in [4.69, 9.17) is 16.3 Å². The number of carbonyl (C=O) groups is 2. The zero-order valence-corrected chi connectivity index (χ0v) is 14.5. The second-order valence-electron chi connectivity index (χ2n) is 7.28. The summed E-state index contributed by atoms with van der Waals surface area (Å²) in [6, 6.07) is 0.254. The molecule has 0 aromatic carbocycles. The Morgan fingerprint density at radius 1 is 1.18 bits per heavy atom. The van der Waals surface area contributed by atoms with Crippen LogP contribution in [0.1, 0.15) is 59.3 Å². The molecule has 2 rings (SSSR count). The van der Waals surface area contributed by atoms with E-state index < -0.39 is 5.60 Å². The third-order valence-electron chi connectivity index (χ3n) is 4.10. The number of nitrogens with one attached hydrogen (secondary N) is 1. The molecule has 5 nitrogen and oxygen atoms in total. The fourth-order valence-corrected chi connectivity index (χ4v) is 3.16. The van der Waals surface area contributed by atoms with Crippen molar-refractivity contribution in [2.75, 3.05) is 5.88 Å². The third kappa shape index (κ3) is 4.77. The van der Waals surface area contributed by atoms with Crippen LogP contribution in [0.2, 0.25) is 0 Å². The summed E-state index contributed by atoms with van der Waals surface area (Å²) >= 11 is 5.61. The van der Waals surface area contributed by atoms with Crippen molar-refractivity contribution >= 4 is 23.6 Å². The van der Waals surface area contributed by atoms with Crippen molar-refractivity contribution in [3.63, 3.8) is 0 Å². The number of rotatable bonds is 4. The Labute approximate surface area is 137 Å². The SMILES string of the molecule is CC(C)(C)OC(=O)N(C1CC1)[C@H]1CCCC[C@@H]1NC(=O)CCl. The van der Waals surface area contributed by atoms with Gasteiger partial charge in [0.15, 0.2) is 0 Å². The molecule has 0 radical (unpaired) electrons. The zero-order chi connectivity index (χ0) is 16.3. The molecule has 0 aromatic heterocycles. The Bertz CT molecular complexity index is 418. The molecule has 0 bridgehead atoms. The average molecular weight is 331 g/mol. The molecule has 2 aliphatic rings. The molecule has 22 heavy (non-hydrogen) atoms. The van der Waals surface area contributed by atoms with Crippen LogP contribution in [0.25, 0.3) is 0 Å². The summed E-state index contributed by atoms with van der Waals surface area (Å²) in [6.45, 7) is 5.64. The van der Waals surface area contributed by atoms with Gasteiger partial charge in [0.2, 0.25) is 5.91 Å². The van der Waals surface area contributed by atoms with Gasteiger partial charge in [0.05, 0.1) is 6.04 Å². The van der Waals surface area contributed by atoms with E-state index in [-0.39, 0.29) is 36.0 Å². The molecule has 0 aromatic rings. The van der Waals surface area contributed by atoms with Gasteiger partial charge in [-0.3, -0.25) is 4.79 Å². The summed E-state index contributed by atoms with van der Waals surface area (Å²) in [5, 5.41) is 2.98. The number of hydrogen-bond acceptors (Lipinski definition) is 3. The molecule has 0 saturated heterocycles. The first-order valence-corrected chi connectivity index (χ1v) is 8.72. The Balaban J connectivity index is 2.10. The van der Waals surface area contributed by atoms with Gasteiger partial charge in [-0.05, 0) is 46.5 Å². The number of amides is 2. The number of ether oxygens (including phenoxy) is 1. The van der Waals surface area contributed by atoms with Crippen LogP contribution in [-0.4, -0.2) is 46.5 Å². The first-order chi connectivity index (χ1) is 10.3. The Hall–Kier alpha value is -0.970. The predicted octanol–water partition coefficient (Wildman–Crippen LogP) is 3.05. The van der Waals surface area contributed by atoms with Gasteiger partial charge in [-0.1, -0.05) is 12.8 Å². The van der Waals surface area contributed by atoms with Gasteiger partial charge in [0.1, 0.15) is 11.5 Å². The van der Waals surface area contributed by atoms with Crippen LogP contribution >= 0.6 is 11.6 Å². The number of nitrogens with zero attached hydrogens (tertiary/aromatic N) is 1. The van der Waals surface area contributed by atoms with Crippen LogP contribution in [0, 0.1) is 0 Å². The first kappa shape index (κ1) is 17.4. The van der Waals surface area contributed by atoms with E-state index in [0.29, 0.717) is 0 Å². The normalized spacial score (nSPS) is 25.5. The van der Waals surface area contributed by atoms with Crippen molar-refractivity contribution in [3.8, 4) is 0 Å². The van der Waals surface area contributed by atoms with E-state index in [9.17, 15) is 9.59 Å². The Morgan fingerprint density at radius 2 is 1.82 bits per heavy atom. The maximum absolute atomic E-state index is 12.6. The standard InChI is InChI=1S/C16H27ClN2O3/c1-16(2,3)22-15(21)19(11-8-9-11)13-7-5-4-6-12(13)18-14(20)10-17/h11-13H,4-10H2,1-3H3,(H,18,20)/t12-,13-/m0/s1. The molecule has 2 aliphatic carbocycles. The fourth-order valence-electron chi connectivity index (χ4n) is 3.08. The highest BCUT2D eigenvalue weighted by Gasteiger charge is 2.43. The molecular formula is C16H27ClN2O3. The summed E-state index contributed by atoms with van der Waals surface area (Å²) in [4.78, 5) is 26.1. The molecule has 1 N–H and O–H groups in total. The lowest BCUT2D eigenvalue weighted by molar-refractivity contribution is -0.120. The van der Waals surface area contributed by atoms with Crippen LogP contribution in [0.15, 0.2) is 0 Å². The smallest absolute Gasteiger partial charge is 0.410 e. The van der Waals surface area contributed by atoms with E-state index in [1.165, 1.54) is 0 Å². The number of alkyl halides is 1. The molecule has 0 aliphatic heterocycles. The van der Waals surface area contributed by atoms with Crippen molar-refractivity contribution in [2.24, 2.45) is 0 Å². The molecule has 2 amide bonds. The summed E-state index contributed by atoms with van der Waals surface area (Å²) in [5.74, 6) is -0.211. The van der Waals surface area contributed by atoms with Gasteiger partial charge in [0.25, 0.3) is 0 Å². The van der Waals surface area contributed by atoms with Crippen molar-refractivity contribution in [3.05, 3.63) is 0 Å². The van der Waals surface area contributed by atoms with E-state index in [1.54, 1.807) is 0 Å². The molecule has 6 heteroatoms. The monoisotopic (exact) mass is 330 g/mol. The average Bonchev–Trinajstić information content (AvgIpc) is 3.23. The molecule has 126 valence electrons. The van der Waals surface area contributed by atoms with Gasteiger partial charge in [-0.15, -0.1) is 11.6 Å². The van der Waals surface area contributed by atoms with Crippen LogP contribution in [0.3, 0.4) is 0 Å². The fraction of sp³-hybridized carbons (Fsp3) is 0.875. The lowest BCUT2D eigenvalue weighted by Gasteiger charge is -2.40. The van der Waals surface area contributed by atoms with Crippen molar-refractivity contribution < 1.29 is 14.3 Å². The number of carbonyl (C=O) groups excluding carboxylic acids is 2. The summed E-state index contributed by atoms with van der Waals surface area (Å²) in [5.41, 5.74) is -0.506. The topological polar surface area (TPSA) is 58.6 Å². The van der Waals surface area contributed by atoms with Gasteiger partial charge in [0, 0.05) is 12.1 Å². The van der Waals surface area contributed by atoms with Gasteiger partial charge in [-0.25, -0.2) is 4.79 Å². The van der Waals surface area contributed by atoms with Crippen LogP contribution in [0.5, 0.6) is 0 Å². The van der Waals surface area contributed by atoms with Gasteiger partial charge < -0.3 is 15.0 Å². The maximum Gasteiger partial charge on any atom is 0.410 e. The predicted molar refractivity (Wildman–Crippen MR) is 86.0 cm³/mol. The van der Waals surface area contributed by atoms with Gasteiger partial charge >= 0.3 is 6.09 Å². The van der Waals surface area contributed by atoms with E-state index >= 15 is 0 Å². The quantitative estimate of drug-likeness (QED) is 0.806. The minimum atomic E-state index is -0.506. The molecular weight excluding hydrogens is 304 g/mol. The highest BCUT2D eigenvalue weighted by Crippen LogP contribution is 2.35. The van der Waals surface area contributed by atoms with Crippen LogP contribution in [-0.2, 0) is 9.53 Å². The second-order valence-corrected chi connectivity index (χ2v) is 7.55. The maximum atomic E-state index is 12.6. The van der Waals surface area contributed by atoms with E-state index in [2.05, 4.69) is 5.32 Å². The number of hydrogen-bond donors (Lipinski definition) is 1. The molecule has 0 spiro atoms. The zero-order valence-electron chi connectivity index (χ0n) is 13.7. The summed E-state index contributed by atoms with van der Waals surface area (Å²) < 4.78 is 5.58. The third-order valence-corrected chi connectivity index (χ3v) is 4.34. The lowest BCUT2D eigenvalue weighted by atomic mass is 9.89. The number of halogens is 1. The van der Waals surface area contributed by atoms with Crippen molar-refractivity contribution in [1.82, 2.24) is 10.2 Å². The summed E-state index contributed by atoms with van der Waals surface area (Å²) in [7, 11) is 0. The minimum absolute atomic E-state index is 0.0169. The second kappa shape index (κ2) is 7.07. The highest BCUT2D eigenvalue weighted by atomic mass is 35.5. The first-order valence-electron chi connectivity index (χ1n) is 8.18. The molecule has 2 atom stereocenters. The molecule has 2 saturated carbocycles. The Morgan fingerprint density at radius 3 is 2.36 bits per heavy atom.